The van der Waals surface area contributed by atoms with Crippen molar-refractivity contribution in [1.82, 2.24) is 14.5 Å². The Bertz CT molecular complexity index is 3270. The highest BCUT2D eigenvalue weighted by atomic mass is 16.3. The van der Waals surface area contributed by atoms with Gasteiger partial charge in [-0.15, -0.1) is 0 Å². The van der Waals surface area contributed by atoms with Crippen LogP contribution in [0.2, 0.25) is 0 Å². The maximum absolute atomic E-state index is 6.70. The summed E-state index contributed by atoms with van der Waals surface area (Å²) in [5.41, 5.74) is 13.0. The van der Waals surface area contributed by atoms with Gasteiger partial charge in [-0.25, -0.2) is 9.97 Å². The molecular weight excluding hydrogens is 671 g/mol. The predicted molar refractivity (Wildman–Crippen MR) is 224 cm³/mol. The molecule has 256 valence electrons. The van der Waals surface area contributed by atoms with Crippen LogP contribution in [0, 0.1) is 0 Å². The number of furan rings is 1. The summed E-state index contributed by atoms with van der Waals surface area (Å²) in [6.45, 7) is 0. The second-order valence-corrected chi connectivity index (χ2v) is 14.4. The summed E-state index contributed by atoms with van der Waals surface area (Å²) >= 11 is 0. The maximum Gasteiger partial charge on any atom is 0.236 e. The molecule has 0 amide bonds. The first-order valence-corrected chi connectivity index (χ1v) is 18.8. The zero-order valence-electron chi connectivity index (χ0n) is 29.6. The lowest BCUT2D eigenvalue weighted by Crippen LogP contribution is -2.28. The van der Waals surface area contributed by atoms with Gasteiger partial charge in [0.25, 0.3) is 0 Å². The smallest absolute Gasteiger partial charge is 0.236 e. The number of hydrogen-bond acceptors (Lipinski definition) is 3. The van der Waals surface area contributed by atoms with Gasteiger partial charge in [0.15, 0.2) is 5.58 Å². The van der Waals surface area contributed by atoms with Crippen LogP contribution in [0.5, 0.6) is 0 Å². The molecule has 1 aliphatic carbocycles. The summed E-state index contributed by atoms with van der Waals surface area (Å²) in [5, 5.41) is 5.56. The van der Waals surface area contributed by atoms with Crippen LogP contribution in [-0.4, -0.2) is 14.5 Å². The minimum absolute atomic E-state index is 0.538. The summed E-state index contributed by atoms with van der Waals surface area (Å²) in [6, 6.07) is 67.2. The summed E-state index contributed by atoms with van der Waals surface area (Å²) in [5.74, 6) is 0.607. The highest BCUT2D eigenvalue weighted by Gasteiger charge is 2.47. The van der Waals surface area contributed by atoms with E-state index in [0.717, 1.165) is 60.3 Å². The molecule has 3 heterocycles. The van der Waals surface area contributed by atoms with Crippen molar-refractivity contribution in [3.8, 4) is 28.3 Å². The van der Waals surface area contributed by atoms with Crippen molar-refractivity contribution in [2.75, 3.05) is 0 Å². The Morgan fingerprint density at radius 3 is 1.93 bits per heavy atom. The average molecular weight is 702 g/mol. The first-order valence-electron chi connectivity index (χ1n) is 18.8. The maximum atomic E-state index is 6.70. The summed E-state index contributed by atoms with van der Waals surface area (Å²) < 4.78 is 9.01. The van der Waals surface area contributed by atoms with Crippen molar-refractivity contribution in [2.45, 2.75) is 5.41 Å². The van der Waals surface area contributed by atoms with Gasteiger partial charge in [0, 0.05) is 21.9 Å². The lowest BCUT2D eigenvalue weighted by Gasteiger charge is -2.33. The second kappa shape index (κ2) is 11.3. The van der Waals surface area contributed by atoms with Crippen LogP contribution in [0.15, 0.2) is 192 Å². The Labute approximate surface area is 316 Å². The van der Waals surface area contributed by atoms with Gasteiger partial charge >= 0.3 is 0 Å². The zero-order chi connectivity index (χ0) is 36.1. The molecule has 0 spiro atoms. The fourth-order valence-corrected chi connectivity index (χ4v) is 9.48. The van der Waals surface area contributed by atoms with Crippen LogP contribution in [0.4, 0.5) is 0 Å². The molecule has 4 heteroatoms. The van der Waals surface area contributed by atoms with Crippen LogP contribution in [0.25, 0.3) is 83.0 Å². The molecule has 0 saturated carbocycles. The molecule has 3 aromatic heterocycles. The normalized spacial score (nSPS) is 13.2. The molecule has 11 aromatic rings. The van der Waals surface area contributed by atoms with E-state index in [4.69, 9.17) is 14.4 Å². The standard InChI is InChI=1S/C51H31N3O/c1-4-17-33(18-5-1)46-49-47(45-36-23-11-10-16-32(36)28-31-43(45)55-49)53-50(52-46)54-42-27-15-13-24-37(42)38-29-30-41-44(48(38)54)39-25-12-14-26-40(39)51(41,34-19-6-2-7-20-34)35-21-8-3-9-22-35/h1-31H. The van der Waals surface area contributed by atoms with Crippen LogP contribution in [0.3, 0.4) is 0 Å². The van der Waals surface area contributed by atoms with Gasteiger partial charge in [-0.3, -0.25) is 4.57 Å². The third kappa shape index (κ3) is 4.05. The number of nitrogens with zero attached hydrogens (tertiary/aromatic N) is 3. The summed E-state index contributed by atoms with van der Waals surface area (Å²) in [7, 11) is 0. The van der Waals surface area contributed by atoms with Crippen LogP contribution in [0.1, 0.15) is 22.3 Å². The summed E-state index contributed by atoms with van der Waals surface area (Å²) in [6.07, 6.45) is 0. The first kappa shape index (κ1) is 30.2. The van der Waals surface area contributed by atoms with E-state index in [-0.39, 0.29) is 0 Å². The van der Waals surface area contributed by atoms with E-state index in [1.807, 2.05) is 6.07 Å². The van der Waals surface area contributed by atoms with Gasteiger partial charge in [-0.05, 0) is 50.7 Å². The minimum Gasteiger partial charge on any atom is -0.452 e. The van der Waals surface area contributed by atoms with E-state index in [9.17, 15) is 0 Å². The number of rotatable bonds is 4. The third-order valence-electron chi connectivity index (χ3n) is 11.7. The van der Waals surface area contributed by atoms with Crippen molar-refractivity contribution in [3.05, 3.63) is 210 Å². The Morgan fingerprint density at radius 1 is 0.491 bits per heavy atom. The molecule has 1 aliphatic rings. The van der Waals surface area contributed by atoms with E-state index >= 15 is 0 Å². The monoisotopic (exact) mass is 701 g/mol. The molecular formula is C51H31N3O. The Kier molecular flexibility index (Phi) is 6.23. The number of benzene rings is 8. The lowest BCUT2D eigenvalue weighted by atomic mass is 9.67. The SMILES string of the molecule is c1ccc(-c2nc(-n3c4ccccc4c4ccc5c(c43)-c3ccccc3C5(c3ccccc3)c3ccccc3)nc3c2oc2ccc4ccccc4c23)cc1. The second-order valence-electron chi connectivity index (χ2n) is 14.4. The topological polar surface area (TPSA) is 43.9 Å². The van der Waals surface area contributed by atoms with Crippen molar-refractivity contribution >= 4 is 54.6 Å². The fraction of sp³-hybridized carbons (Fsp3) is 0.0196. The molecule has 0 radical (unpaired) electrons. The Hall–Kier alpha value is -7.30. The molecule has 0 bridgehead atoms. The molecule has 0 aliphatic heterocycles. The van der Waals surface area contributed by atoms with Crippen molar-refractivity contribution < 1.29 is 4.42 Å². The van der Waals surface area contributed by atoms with E-state index in [2.05, 4.69) is 187 Å². The van der Waals surface area contributed by atoms with Gasteiger partial charge in [0.2, 0.25) is 5.95 Å². The van der Waals surface area contributed by atoms with Crippen LogP contribution >= 0.6 is 0 Å². The molecule has 0 saturated heterocycles. The molecule has 0 atom stereocenters. The molecule has 12 rings (SSSR count). The van der Waals surface area contributed by atoms with Crippen molar-refractivity contribution in [3.63, 3.8) is 0 Å². The number of para-hydroxylation sites is 1. The molecule has 4 nitrogen and oxygen atoms in total. The highest BCUT2D eigenvalue weighted by molar-refractivity contribution is 6.20. The quantitative estimate of drug-likeness (QED) is 0.183. The van der Waals surface area contributed by atoms with E-state index < -0.39 is 5.41 Å². The van der Waals surface area contributed by atoms with Gasteiger partial charge in [0.05, 0.1) is 21.8 Å². The van der Waals surface area contributed by atoms with E-state index in [1.165, 1.54) is 33.4 Å². The number of aromatic nitrogens is 3. The fourth-order valence-electron chi connectivity index (χ4n) is 9.48. The van der Waals surface area contributed by atoms with Gasteiger partial charge < -0.3 is 4.42 Å². The van der Waals surface area contributed by atoms with E-state index in [1.54, 1.807) is 0 Å². The number of hydrogen-bond donors (Lipinski definition) is 0. The predicted octanol–water partition coefficient (Wildman–Crippen LogP) is 12.7. The van der Waals surface area contributed by atoms with Crippen LogP contribution in [-0.2, 0) is 5.41 Å². The van der Waals surface area contributed by atoms with Gasteiger partial charge in [0.1, 0.15) is 16.8 Å². The molecule has 55 heavy (non-hydrogen) atoms. The largest absolute Gasteiger partial charge is 0.452 e. The van der Waals surface area contributed by atoms with Gasteiger partial charge in [-0.1, -0.05) is 176 Å². The van der Waals surface area contributed by atoms with Crippen LogP contribution < -0.4 is 0 Å². The Balaban J connectivity index is 1.27. The minimum atomic E-state index is -0.538. The molecule has 0 N–H and O–H groups in total. The number of fused-ring (bicyclic) bond motifs is 12. The molecule has 8 aromatic carbocycles. The van der Waals surface area contributed by atoms with Gasteiger partial charge in [-0.2, -0.15) is 0 Å². The zero-order valence-corrected chi connectivity index (χ0v) is 29.6. The average Bonchev–Trinajstić information content (AvgIpc) is 3.91. The van der Waals surface area contributed by atoms with E-state index in [0.29, 0.717) is 11.5 Å². The molecule has 0 unspecified atom stereocenters. The Morgan fingerprint density at radius 2 is 1.15 bits per heavy atom. The highest BCUT2D eigenvalue weighted by Crippen LogP contribution is 2.58. The lowest BCUT2D eigenvalue weighted by molar-refractivity contribution is 0.667. The third-order valence-corrected chi connectivity index (χ3v) is 11.7. The van der Waals surface area contributed by atoms with Crippen molar-refractivity contribution in [1.29, 1.82) is 0 Å². The van der Waals surface area contributed by atoms with Crippen molar-refractivity contribution in [2.24, 2.45) is 0 Å². The first-order chi connectivity index (χ1) is 27.3. The molecule has 0 fully saturated rings. The summed E-state index contributed by atoms with van der Waals surface area (Å²) in [4.78, 5) is 11.0.